The molecule has 3 nitrogen and oxygen atoms in total. The van der Waals surface area contributed by atoms with Gasteiger partial charge in [0.1, 0.15) is 11.5 Å². The number of fused-ring (bicyclic) bond motifs is 1. The topological polar surface area (TPSA) is 48.1 Å². The molecule has 0 spiro atoms. The van der Waals surface area contributed by atoms with Crippen LogP contribution in [0.2, 0.25) is 0 Å². The van der Waals surface area contributed by atoms with Crippen molar-refractivity contribution in [1.29, 1.82) is 0 Å². The van der Waals surface area contributed by atoms with Crippen molar-refractivity contribution in [3.8, 4) is 11.5 Å². The van der Waals surface area contributed by atoms with Crippen LogP contribution in [0.3, 0.4) is 0 Å². The summed E-state index contributed by atoms with van der Waals surface area (Å²) >= 11 is 0. The van der Waals surface area contributed by atoms with E-state index in [9.17, 15) is 0 Å². The van der Waals surface area contributed by atoms with Gasteiger partial charge in [0.05, 0.1) is 5.52 Å². The highest BCUT2D eigenvalue weighted by molar-refractivity contribution is 5.79. The Morgan fingerprint density at radius 3 is 2.81 bits per heavy atom. The number of ether oxygens (including phenoxy) is 1. The van der Waals surface area contributed by atoms with Crippen LogP contribution in [-0.4, -0.2) is 4.98 Å². The number of hydrogen-bond donors (Lipinski definition) is 1. The molecule has 1 heterocycles. The van der Waals surface area contributed by atoms with E-state index in [0.29, 0.717) is 0 Å². The Bertz CT molecular complexity index is 755. The highest BCUT2D eigenvalue weighted by atomic mass is 16.5. The van der Waals surface area contributed by atoms with E-state index in [-0.39, 0.29) is 6.04 Å². The first-order valence-electron chi connectivity index (χ1n) is 7.15. The van der Waals surface area contributed by atoms with Gasteiger partial charge in [0.15, 0.2) is 0 Å². The van der Waals surface area contributed by atoms with Crippen LogP contribution in [0.5, 0.6) is 11.5 Å². The minimum atomic E-state index is -0.0141. The van der Waals surface area contributed by atoms with Crippen LogP contribution in [0.15, 0.2) is 60.8 Å². The summed E-state index contributed by atoms with van der Waals surface area (Å²) in [5.41, 5.74) is 8.10. The summed E-state index contributed by atoms with van der Waals surface area (Å²) in [5, 5.41) is 1.10. The first-order chi connectivity index (χ1) is 10.3. The van der Waals surface area contributed by atoms with Gasteiger partial charge in [-0.2, -0.15) is 0 Å². The lowest BCUT2D eigenvalue weighted by atomic mass is 10.0. The van der Waals surface area contributed by atoms with E-state index in [0.717, 1.165) is 34.4 Å². The minimum absolute atomic E-state index is 0.0141. The second kappa shape index (κ2) is 5.94. The van der Waals surface area contributed by atoms with Crippen molar-refractivity contribution in [3.05, 3.63) is 66.4 Å². The summed E-state index contributed by atoms with van der Waals surface area (Å²) in [4.78, 5) is 4.35. The van der Waals surface area contributed by atoms with Crippen LogP contribution in [0.25, 0.3) is 10.9 Å². The number of rotatable bonds is 4. The third kappa shape index (κ3) is 2.88. The molecule has 0 aliphatic rings. The average molecular weight is 278 g/mol. The average Bonchev–Trinajstić information content (AvgIpc) is 2.54. The van der Waals surface area contributed by atoms with Gasteiger partial charge in [0.2, 0.25) is 0 Å². The predicted molar refractivity (Wildman–Crippen MR) is 85.5 cm³/mol. The van der Waals surface area contributed by atoms with Gasteiger partial charge in [-0.1, -0.05) is 31.2 Å². The van der Waals surface area contributed by atoms with Crippen LogP contribution >= 0.6 is 0 Å². The molecule has 0 saturated carbocycles. The summed E-state index contributed by atoms with van der Waals surface area (Å²) in [6, 6.07) is 17.8. The maximum atomic E-state index is 6.15. The zero-order valence-corrected chi connectivity index (χ0v) is 12.0. The molecule has 3 aromatic rings. The summed E-state index contributed by atoms with van der Waals surface area (Å²) < 4.78 is 6.02. The maximum absolute atomic E-state index is 6.15. The van der Waals surface area contributed by atoms with Gasteiger partial charge in [-0.15, -0.1) is 0 Å². The second-order valence-electron chi connectivity index (χ2n) is 5.01. The molecule has 0 saturated heterocycles. The highest BCUT2D eigenvalue weighted by Gasteiger charge is 2.10. The lowest BCUT2D eigenvalue weighted by molar-refractivity contribution is 0.469. The Hall–Kier alpha value is -2.39. The van der Waals surface area contributed by atoms with Crippen molar-refractivity contribution in [2.45, 2.75) is 19.4 Å². The number of aromatic nitrogens is 1. The maximum Gasteiger partial charge on any atom is 0.132 e. The molecule has 1 atom stereocenters. The fourth-order valence-electron chi connectivity index (χ4n) is 2.34. The van der Waals surface area contributed by atoms with Crippen molar-refractivity contribution < 1.29 is 4.74 Å². The normalized spacial score (nSPS) is 12.3. The summed E-state index contributed by atoms with van der Waals surface area (Å²) in [5.74, 6) is 1.58. The van der Waals surface area contributed by atoms with Crippen molar-refractivity contribution >= 4 is 10.9 Å². The molecular formula is C18H18N2O. The largest absolute Gasteiger partial charge is 0.457 e. The molecule has 3 heteroatoms. The first-order valence-corrected chi connectivity index (χ1v) is 7.15. The molecular weight excluding hydrogens is 260 g/mol. The molecule has 0 bridgehead atoms. The summed E-state index contributed by atoms with van der Waals surface area (Å²) in [6.07, 6.45) is 2.66. The molecule has 0 fully saturated rings. The van der Waals surface area contributed by atoms with Crippen LogP contribution in [0.4, 0.5) is 0 Å². The molecule has 0 aliphatic carbocycles. The third-order valence-corrected chi connectivity index (χ3v) is 3.56. The van der Waals surface area contributed by atoms with E-state index in [1.807, 2.05) is 54.6 Å². The van der Waals surface area contributed by atoms with Crippen LogP contribution in [0.1, 0.15) is 24.9 Å². The monoisotopic (exact) mass is 278 g/mol. The third-order valence-electron chi connectivity index (χ3n) is 3.56. The van der Waals surface area contributed by atoms with E-state index in [4.69, 9.17) is 10.5 Å². The van der Waals surface area contributed by atoms with E-state index in [1.165, 1.54) is 0 Å². The predicted octanol–water partition coefficient (Wildman–Crippen LogP) is 4.44. The molecule has 1 aromatic heterocycles. The quantitative estimate of drug-likeness (QED) is 0.767. The van der Waals surface area contributed by atoms with Crippen molar-refractivity contribution in [2.24, 2.45) is 5.73 Å². The Labute approximate surface area is 124 Å². The Kier molecular flexibility index (Phi) is 3.84. The molecule has 0 aliphatic heterocycles. The SMILES string of the molecule is CC[C@H](N)c1ccccc1Oc1ccc2cccnc2c1. The molecule has 21 heavy (non-hydrogen) atoms. The number of pyridine rings is 1. The van der Waals surface area contributed by atoms with Crippen molar-refractivity contribution in [1.82, 2.24) is 4.98 Å². The molecule has 3 rings (SSSR count). The van der Waals surface area contributed by atoms with Gasteiger partial charge in [-0.05, 0) is 30.7 Å². The smallest absolute Gasteiger partial charge is 0.132 e. The fourth-order valence-corrected chi connectivity index (χ4v) is 2.34. The first kappa shape index (κ1) is 13.6. The Morgan fingerprint density at radius 1 is 1.10 bits per heavy atom. The van der Waals surface area contributed by atoms with Gasteiger partial charge in [-0.3, -0.25) is 4.98 Å². The van der Waals surface area contributed by atoms with E-state index in [1.54, 1.807) is 6.20 Å². The van der Waals surface area contributed by atoms with E-state index >= 15 is 0 Å². The number of nitrogens with zero attached hydrogens (tertiary/aromatic N) is 1. The van der Waals surface area contributed by atoms with Gasteiger partial charge in [0, 0.05) is 29.3 Å². The van der Waals surface area contributed by atoms with Crippen molar-refractivity contribution in [2.75, 3.05) is 0 Å². The number of para-hydroxylation sites is 1. The lowest BCUT2D eigenvalue weighted by Crippen LogP contribution is -2.09. The Balaban J connectivity index is 1.95. The fraction of sp³-hybridized carbons (Fsp3) is 0.167. The molecule has 0 amide bonds. The molecule has 2 N–H and O–H groups in total. The van der Waals surface area contributed by atoms with Gasteiger partial charge in [-0.25, -0.2) is 0 Å². The number of benzene rings is 2. The van der Waals surface area contributed by atoms with Crippen molar-refractivity contribution in [3.63, 3.8) is 0 Å². The molecule has 106 valence electrons. The highest BCUT2D eigenvalue weighted by Crippen LogP contribution is 2.30. The lowest BCUT2D eigenvalue weighted by Gasteiger charge is -2.15. The molecule has 0 unspecified atom stereocenters. The molecule has 2 aromatic carbocycles. The zero-order valence-electron chi connectivity index (χ0n) is 12.0. The summed E-state index contributed by atoms with van der Waals surface area (Å²) in [7, 11) is 0. The van der Waals surface area contributed by atoms with Gasteiger partial charge in [0.25, 0.3) is 0 Å². The second-order valence-corrected chi connectivity index (χ2v) is 5.01. The van der Waals surface area contributed by atoms with Gasteiger partial charge < -0.3 is 10.5 Å². The number of nitrogens with two attached hydrogens (primary N) is 1. The number of hydrogen-bond acceptors (Lipinski definition) is 3. The van der Waals surface area contributed by atoms with E-state index in [2.05, 4.69) is 11.9 Å². The van der Waals surface area contributed by atoms with Crippen LogP contribution < -0.4 is 10.5 Å². The minimum Gasteiger partial charge on any atom is -0.457 e. The standard InChI is InChI=1S/C18H18N2O/c1-2-16(19)15-7-3-4-8-18(15)21-14-10-9-13-6-5-11-20-17(13)12-14/h3-12,16H,2,19H2,1H3/t16-/m0/s1. The van der Waals surface area contributed by atoms with E-state index < -0.39 is 0 Å². The Morgan fingerprint density at radius 2 is 1.95 bits per heavy atom. The van der Waals surface area contributed by atoms with Crippen LogP contribution in [-0.2, 0) is 0 Å². The molecule has 0 radical (unpaired) electrons. The van der Waals surface area contributed by atoms with Crippen LogP contribution in [0, 0.1) is 0 Å². The summed E-state index contributed by atoms with van der Waals surface area (Å²) in [6.45, 7) is 2.07. The zero-order chi connectivity index (χ0) is 14.7. The van der Waals surface area contributed by atoms with Gasteiger partial charge >= 0.3 is 0 Å².